The highest BCUT2D eigenvalue weighted by molar-refractivity contribution is 5.94. The number of halogens is 1. The summed E-state index contributed by atoms with van der Waals surface area (Å²) in [5.41, 5.74) is 0.871. The lowest BCUT2D eigenvalue weighted by molar-refractivity contribution is 0.0912. The highest BCUT2D eigenvalue weighted by Crippen LogP contribution is 2.19. The molecule has 4 heteroatoms. The number of pyridine rings is 1. The highest BCUT2D eigenvalue weighted by atomic mass is 19.1. The molecule has 1 aromatic heterocycles. The Morgan fingerprint density at radius 1 is 1.11 bits per heavy atom. The summed E-state index contributed by atoms with van der Waals surface area (Å²) in [6.07, 6.45) is 3.36. The average molecular weight is 258 g/mol. The molecule has 0 spiro atoms. The maximum Gasteiger partial charge on any atom is 0.251 e. The second-order valence-electron chi connectivity index (χ2n) is 4.82. The molecule has 0 saturated carbocycles. The standard InChI is InChI=1S/C15H15FN2O/c1-15(2,12-7-9-17-10-8-12)18-14(19)11-3-5-13(16)6-4-11/h3-10H,1-2H3,(H,18,19). The molecule has 0 saturated heterocycles. The van der Waals surface area contributed by atoms with E-state index in [4.69, 9.17) is 0 Å². The van der Waals surface area contributed by atoms with Crippen molar-refractivity contribution in [2.75, 3.05) is 0 Å². The van der Waals surface area contributed by atoms with Crippen molar-refractivity contribution in [3.63, 3.8) is 0 Å². The van der Waals surface area contributed by atoms with Crippen molar-refractivity contribution in [2.24, 2.45) is 0 Å². The maximum atomic E-state index is 12.8. The van der Waals surface area contributed by atoms with Crippen LogP contribution in [0.5, 0.6) is 0 Å². The summed E-state index contributed by atoms with van der Waals surface area (Å²) in [6, 6.07) is 9.18. The number of hydrogen-bond donors (Lipinski definition) is 1. The first kappa shape index (κ1) is 13.2. The van der Waals surface area contributed by atoms with Crippen molar-refractivity contribution in [2.45, 2.75) is 19.4 Å². The smallest absolute Gasteiger partial charge is 0.251 e. The van der Waals surface area contributed by atoms with E-state index < -0.39 is 5.54 Å². The van der Waals surface area contributed by atoms with Gasteiger partial charge in [-0.15, -0.1) is 0 Å². The van der Waals surface area contributed by atoms with Crippen LogP contribution in [0.25, 0.3) is 0 Å². The molecule has 0 fully saturated rings. The molecule has 98 valence electrons. The monoisotopic (exact) mass is 258 g/mol. The first-order valence-electron chi connectivity index (χ1n) is 5.97. The fourth-order valence-corrected chi connectivity index (χ4v) is 1.80. The fraction of sp³-hybridized carbons (Fsp3) is 0.200. The van der Waals surface area contributed by atoms with Gasteiger partial charge in [0.25, 0.3) is 5.91 Å². The molecule has 0 aliphatic rings. The summed E-state index contributed by atoms with van der Waals surface area (Å²) < 4.78 is 12.8. The molecular formula is C15H15FN2O. The van der Waals surface area contributed by atoms with Crippen LogP contribution in [0.15, 0.2) is 48.8 Å². The Morgan fingerprint density at radius 2 is 1.68 bits per heavy atom. The number of hydrogen-bond acceptors (Lipinski definition) is 2. The minimum absolute atomic E-state index is 0.234. The molecule has 1 N–H and O–H groups in total. The zero-order valence-electron chi connectivity index (χ0n) is 10.9. The molecule has 0 atom stereocenters. The molecule has 0 bridgehead atoms. The highest BCUT2D eigenvalue weighted by Gasteiger charge is 2.23. The quantitative estimate of drug-likeness (QED) is 0.919. The summed E-state index contributed by atoms with van der Waals surface area (Å²) in [6.45, 7) is 3.81. The number of carbonyl (C=O) groups excluding carboxylic acids is 1. The molecule has 19 heavy (non-hydrogen) atoms. The van der Waals surface area contributed by atoms with E-state index in [1.807, 2.05) is 26.0 Å². The number of amides is 1. The summed E-state index contributed by atoms with van der Waals surface area (Å²) >= 11 is 0. The van der Waals surface area contributed by atoms with E-state index in [0.29, 0.717) is 5.56 Å². The van der Waals surface area contributed by atoms with Gasteiger partial charge in [-0.25, -0.2) is 4.39 Å². The molecule has 2 aromatic rings. The Balaban J connectivity index is 2.16. The van der Waals surface area contributed by atoms with Gasteiger partial charge in [0, 0.05) is 18.0 Å². The van der Waals surface area contributed by atoms with E-state index in [0.717, 1.165) is 5.56 Å². The second kappa shape index (κ2) is 5.18. The van der Waals surface area contributed by atoms with Crippen LogP contribution >= 0.6 is 0 Å². The van der Waals surface area contributed by atoms with Crippen molar-refractivity contribution in [1.82, 2.24) is 10.3 Å². The lowest BCUT2D eigenvalue weighted by atomic mass is 9.95. The Labute approximate surface area is 111 Å². The van der Waals surface area contributed by atoms with E-state index in [2.05, 4.69) is 10.3 Å². The predicted octanol–water partition coefficient (Wildman–Crippen LogP) is 2.89. The third-order valence-electron chi connectivity index (χ3n) is 2.93. The van der Waals surface area contributed by atoms with Crippen molar-refractivity contribution >= 4 is 5.91 Å². The molecule has 3 nitrogen and oxygen atoms in total. The fourth-order valence-electron chi connectivity index (χ4n) is 1.80. The number of nitrogens with zero attached hydrogens (tertiary/aromatic N) is 1. The SMILES string of the molecule is CC(C)(NC(=O)c1ccc(F)cc1)c1ccncc1. The van der Waals surface area contributed by atoms with E-state index in [-0.39, 0.29) is 11.7 Å². The molecule has 2 rings (SSSR count). The van der Waals surface area contributed by atoms with Gasteiger partial charge in [-0.3, -0.25) is 9.78 Å². The largest absolute Gasteiger partial charge is 0.343 e. The van der Waals surface area contributed by atoms with Crippen LogP contribution < -0.4 is 5.32 Å². The van der Waals surface area contributed by atoms with E-state index in [1.54, 1.807) is 12.4 Å². The summed E-state index contributed by atoms with van der Waals surface area (Å²) in [4.78, 5) is 16.0. The minimum Gasteiger partial charge on any atom is -0.343 e. The minimum atomic E-state index is -0.519. The van der Waals surface area contributed by atoms with Gasteiger partial charge >= 0.3 is 0 Å². The number of rotatable bonds is 3. The first-order valence-corrected chi connectivity index (χ1v) is 5.97. The maximum absolute atomic E-state index is 12.8. The molecule has 1 aromatic carbocycles. The third-order valence-corrected chi connectivity index (χ3v) is 2.93. The van der Waals surface area contributed by atoms with E-state index >= 15 is 0 Å². The van der Waals surface area contributed by atoms with E-state index in [1.165, 1.54) is 24.3 Å². The van der Waals surface area contributed by atoms with Crippen LogP contribution in [-0.4, -0.2) is 10.9 Å². The van der Waals surface area contributed by atoms with Crippen LogP contribution in [0.4, 0.5) is 4.39 Å². The number of nitrogens with one attached hydrogen (secondary N) is 1. The molecule has 0 unspecified atom stereocenters. The predicted molar refractivity (Wildman–Crippen MR) is 71.1 cm³/mol. The first-order chi connectivity index (χ1) is 8.99. The van der Waals surface area contributed by atoms with Crippen molar-refractivity contribution in [1.29, 1.82) is 0 Å². The van der Waals surface area contributed by atoms with Crippen molar-refractivity contribution in [3.05, 3.63) is 65.7 Å². The summed E-state index contributed by atoms with van der Waals surface area (Å²) in [5.74, 6) is -0.591. The van der Waals surface area contributed by atoms with Gasteiger partial charge in [0.2, 0.25) is 0 Å². The van der Waals surface area contributed by atoms with Gasteiger partial charge in [0.1, 0.15) is 5.82 Å². The molecule has 0 radical (unpaired) electrons. The van der Waals surface area contributed by atoms with Crippen LogP contribution in [0.3, 0.4) is 0 Å². The Bertz CT molecular complexity index is 564. The number of aromatic nitrogens is 1. The van der Waals surface area contributed by atoms with E-state index in [9.17, 15) is 9.18 Å². The van der Waals surface area contributed by atoms with Crippen LogP contribution in [-0.2, 0) is 5.54 Å². The molecule has 0 aliphatic heterocycles. The molecule has 1 amide bonds. The topological polar surface area (TPSA) is 42.0 Å². The van der Waals surface area contributed by atoms with Crippen molar-refractivity contribution in [3.8, 4) is 0 Å². The van der Waals surface area contributed by atoms with Gasteiger partial charge in [-0.2, -0.15) is 0 Å². The van der Waals surface area contributed by atoms with Gasteiger partial charge in [-0.05, 0) is 55.8 Å². The molecule has 0 aliphatic carbocycles. The number of benzene rings is 1. The average Bonchev–Trinajstić information content (AvgIpc) is 2.40. The van der Waals surface area contributed by atoms with Crippen LogP contribution in [0.1, 0.15) is 29.8 Å². The number of carbonyl (C=O) groups is 1. The van der Waals surface area contributed by atoms with Gasteiger partial charge in [-0.1, -0.05) is 0 Å². The van der Waals surface area contributed by atoms with Gasteiger partial charge < -0.3 is 5.32 Å². The zero-order chi connectivity index (χ0) is 13.9. The zero-order valence-corrected chi connectivity index (χ0v) is 10.9. The van der Waals surface area contributed by atoms with Gasteiger partial charge in [0.15, 0.2) is 0 Å². The Morgan fingerprint density at radius 3 is 2.26 bits per heavy atom. The summed E-state index contributed by atoms with van der Waals surface area (Å²) in [7, 11) is 0. The Hall–Kier alpha value is -2.23. The van der Waals surface area contributed by atoms with Crippen molar-refractivity contribution < 1.29 is 9.18 Å². The second-order valence-corrected chi connectivity index (χ2v) is 4.82. The third kappa shape index (κ3) is 3.16. The van der Waals surface area contributed by atoms with Gasteiger partial charge in [0.05, 0.1) is 5.54 Å². The normalized spacial score (nSPS) is 11.1. The summed E-state index contributed by atoms with van der Waals surface area (Å²) in [5, 5.41) is 2.92. The molecule has 1 heterocycles. The lowest BCUT2D eigenvalue weighted by Crippen LogP contribution is -2.41. The van der Waals surface area contributed by atoms with Crippen LogP contribution in [0, 0.1) is 5.82 Å². The lowest BCUT2D eigenvalue weighted by Gasteiger charge is -2.26. The Kier molecular flexibility index (Phi) is 3.60. The van der Waals surface area contributed by atoms with Crippen LogP contribution in [0.2, 0.25) is 0 Å². The molecular weight excluding hydrogens is 243 g/mol.